The van der Waals surface area contributed by atoms with Gasteiger partial charge >= 0.3 is 0 Å². The van der Waals surface area contributed by atoms with Crippen molar-refractivity contribution in [2.75, 3.05) is 19.7 Å². The molecule has 0 saturated heterocycles. The molecule has 2 aromatic rings. The number of rotatable bonds is 7. The Kier molecular flexibility index (Phi) is 6.37. The van der Waals surface area contributed by atoms with Crippen LogP contribution in [0.5, 0.6) is 5.75 Å². The first kappa shape index (κ1) is 15.4. The van der Waals surface area contributed by atoms with Crippen LogP contribution in [0.4, 0.5) is 0 Å². The second kappa shape index (κ2) is 8.30. The van der Waals surface area contributed by atoms with Crippen LogP contribution in [-0.2, 0) is 6.42 Å². The summed E-state index contributed by atoms with van der Waals surface area (Å²) < 4.78 is 6.67. The van der Waals surface area contributed by atoms with Gasteiger partial charge in [0.05, 0.1) is 4.47 Å². The van der Waals surface area contributed by atoms with Crippen LogP contribution < -0.4 is 10.1 Å². The third-order valence-electron chi connectivity index (χ3n) is 2.88. The normalized spacial score (nSPS) is 10.5. The average Bonchev–Trinajstić information content (AvgIpc) is 2.46. The quantitative estimate of drug-likeness (QED) is 0.748. The van der Waals surface area contributed by atoms with Gasteiger partial charge in [-0.3, -0.25) is 0 Å². The third kappa shape index (κ3) is 5.16. The molecule has 0 atom stereocenters. The van der Waals surface area contributed by atoms with Crippen LogP contribution >= 0.6 is 27.5 Å². The van der Waals surface area contributed by atoms with Gasteiger partial charge in [0.15, 0.2) is 0 Å². The molecule has 106 valence electrons. The molecule has 2 nitrogen and oxygen atoms in total. The van der Waals surface area contributed by atoms with E-state index in [1.54, 1.807) is 0 Å². The van der Waals surface area contributed by atoms with E-state index in [2.05, 4.69) is 33.4 Å². The van der Waals surface area contributed by atoms with Crippen molar-refractivity contribution < 1.29 is 4.74 Å². The Bertz CT molecular complexity index is 530. The van der Waals surface area contributed by atoms with Crippen molar-refractivity contribution in [1.29, 1.82) is 0 Å². The van der Waals surface area contributed by atoms with E-state index >= 15 is 0 Å². The van der Waals surface area contributed by atoms with Gasteiger partial charge in [0.25, 0.3) is 0 Å². The molecule has 2 rings (SSSR count). The SMILES string of the molecule is Clc1ccc(CCNCCOc2ccccc2Br)cc1. The number of ether oxygens (including phenoxy) is 1. The lowest BCUT2D eigenvalue weighted by atomic mass is 10.1. The number of hydrogen-bond acceptors (Lipinski definition) is 2. The zero-order valence-electron chi connectivity index (χ0n) is 11.1. The first-order valence-electron chi connectivity index (χ1n) is 6.58. The van der Waals surface area contributed by atoms with Crippen molar-refractivity contribution in [3.8, 4) is 5.75 Å². The molecular formula is C16H17BrClNO. The zero-order chi connectivity index (χ0) is 14.2. The monoisotopic (exact) mass is 353 g/mol. The molecule has 1 N–H and O–H groups in total. The average molecular weight is 355 g/mol. The van der Waals surface area contributed by atoms with E-state index in [1.807, 2.05) is 36.4 Å². The van der Waals surface area contributed by atoms with Gasteiger partial charge in [0, 0.05) is 11.6 Å². The van der Waals surface area contributed by atoms with Crippen molar-refractivity contribution in [2.45, 2.75) is 6.42 Å². The fourth-order valence-corrected chi connectivity index (χ4v) is 2.33. The van der Waals surface area contributed by atoms with Crippen LogP contribution in [0.25, 0.3) is 0 Å². The molecule has 0 saturated carbocycles. The Morgan fingerprint density at radius 2 is 1.75 bits per heavy atom. The summed E-state index contributed by atoms with van der Waals surface area (Å²) in [5.74, 6) is 0.881. The molecule has 0 fully saturated rings. The largest absolute Gasteiger partial charge is 0.491 e. The highest BCUT2D eigenvalue weighted by molar-refractivity contribution is 9.10. The predicted molar refractivity (Wildman–Crippen MR) is 87.7 cm³/mol. The molecule has 0 spiro atoms. The maximum absolute atomic E-state index is 5.85. The lowest BCUT2D eigenvalue weighted by Gasteiger charge is -2.09. The second-order valence-corrected chi connectivity index (χ2v) is 5.70. The lowest BCUT2D eigenvalue weighted by molar-refractivity contribution is 0.312. The summed E-state index contributed by atoms with van der Waals surface area (Å²) in [6.07, 6.45) is 0.992. The number of nitrogens with one attached hydrogen (secondary N) is 1. The maximum atomic E-state index is 5.85. The van der Waals surface area contributed by atoms with E-state index in [9.17, 15) is 0 Å². The Balaban J connectivity index is 1.60. The fraction of sp³-hybridized carbons (Fsp3) is 0.250. The molecule has 0 bridgehead atoms. The zero-order valence-corrected chi connectivity index (χ0v) is 13.5. The van der Waals surface area contributed by atoms with E-state index in [0.717, 1.165) is 34.8 Å². The van der Waals surface area contributed by atoms with Crippen LogP contribution in [0.1, 0.15) is 5.56 Å². The lowest BCUT2D eigenvalue weighted by Crippen LogP contribution is -2.23. The minimum Gasteiger partial charge on any atom is -0.491 e. The van der Waals surface area contributed by atoms with Gasteiger partial charge in [-0.1, -0.05) is 35.9 Å². The number of hydrogen-bond donors (Lipinski definition) is 1. The summed E-state index contributed by atoms with van der Waals surface area (Å²) in [7, 11) is 0. The maximum Gasteiger partial charge on any atom is 0.133 e. The highest BCUT2D eigenvalue weighted by atomic mass is 79.9. The van der Waals surface area contributed by atoms with Crippen LogP contribution in [0.2, 0.25) is 5.02 Å². The minimum absolute atomic E-state index is 0.656. The van der Waals surface area contributed by atoms with Gasteiger partial charge in [0.2, 0.25) is 0 Å². The molecule has 0 aliphatic carbocycles. The Hall–Kier alpha value is -1.03. The van der Waals surface area contributed by atoms with Gasteiger partial charge in [0.1, 0.15) is 12.4 Å². The molecule has 2 aromatic carbocycles. The summed E-state index contributed by atoms with van der Waals surface area (Å²) in [5.41, 5.74) is 1.29. The van der Waals surface area contributed by atoms with Crippen molar-refractivity contribution in [1.82, 2.24) is 5.32 Å². The smallest absolute Gasteiger partial charge is 0.133 e. The second-order valence-electron chi connectivity index (χ2n) is 4.41. The first-order valence-corrected chi connectivity index (χ1v) is 7.75. The highest BCUT2D eigenvalue weighted by Crippen LogP contribution is 2.23. The summed E-state index contributed by atoms with van der Waals surface area (Å²) in [6.45, 7) is 2.42. The molecule has 0 aromatic heterocycles. The molecule has 0 radical (unpaired) electrons. The van der Waals surface area contributed by atoms with Gasteiger partial charge in [-0.25, -0.2) is 0 Å². The van der Waals surface area contributed by atoms with Gasteiger partial charge in [-0.2, -0.15) is 0 Å². The Morgan fingerprint density at radius 1 is 1.00 bits per heavy atom. The minimum atomic E-state index is 0.656. The number of para-hydroxylation sites is 1. The standard InChI is InChI=1S/C16H17BrClNO/c17-15-3-1-2-4-16(15)20-12-11-19-10-9-13-5-7-14(18)8-6-13/h1-8,19H,9-12H2. The van der Waals surface area contributed by atoms with Crippen LogP contribution in [-0.4, -0.2) is 19.7 Å². The van der Waals surface area contributed by atoms with Crippen LogP contribution in [0.15, 0.2) is 53.0 Å². The van der Waals surface area contributed by atoms with E-state index < -0.39 is 0 Å². The van der Waals surface area contributed by atoms with E-state index in [0.29, 0.717) is 6.61 Å². The molecule has 0 amide bonds. The van der Waals surface area contributed by atoms with Gasteiger partial charge in [-0.15, -0.1) is 0 Å². The summed E-state index contributed by atoms with van der Waals surface area (Å²) in [5, 5.41) is 4.15. The van der Waals surface area contributed by atoms with E-state index in [-0.39, 0.29) is 0 Å². The van der Waals surface area contributed by atoms with Crippen molar-refractivity contribution >= 4 is 27.5 Å². The first-order chi connectivity index (χ1) is 9.75. The molecule has 0 aliphatic heterocycles. The molecule has 4 heteroatoms. The summed E-state index contributed by atoms with van der Waals surface area (Å²) in [6, 6.07) is 15.8. The van der Waals surface area contributed by atoms with Crippen molar-refractivity contribution in [3.05, 3.63) is 63.6 Å². The van der Waals surface area contributed by atoms with Crippen molar-refractivity contribution in [3.63, 3.8) is 0 Å². The van der Waals surface area contributed by atoms with Gasteiger partial charge in [-0.05, 0) is 58.7 Å². The highest BCUT2D eigenvalue weighted by Gasteiger charge is 1.98. The molecular weight excluding hydrogens is 338 g/mol. The van der Waals surface area contributed by atoms with Crippen LogP contribution in [0, 0.1) is 0 Å². The topological polar surface area (TPSA) is 21.3 Å². The van der Waals surface area contributed by atoms with Crippen molar-refractivity contribution in [2.24, 2.45) is 0 Å². The summed E-state index contributed by atoms with van der Waals surface area (Å²) >= 11 is 9.31. The van der Waals surface area contributed by atoms with Crippen LogP contribution in [0.3, 0.4) is 0 Å². The number of benzene rings is 2. The molecule has 20 heavy (non-hydrogen) atoms. The Labute approximate surface area is 133 Å². The molecule has 0 unspecified atom stereocenters. The third-order valence-corrected chi connectivity index (χ3v) is 3.78. The Morgan fingerprint density at radius 3 is 2.50 bits per heavy atom. The van der Waals surface area contributed by atoms with Gasteiger partial charge < -0.3 is 10.1 Å². The fourth-order valence-electron chi connectivity index (χ4n) is 1.80. The predicted octanol–water partition coefficient (Wildman–Crippen LogP) is 4.31. The summed E-state index contributed by atoms with van der Waals surface area (Å²) in [4.78, 5) is 0. The van der Waals surface area contributed by atoms with E-state index in [4.69, 9.17) is 16.3 Å². The molecule has 0 heterocycles. The number of halogens is 2. The van der Waals surface area contributed by atoms with E-state index in [1.165, 1.54) is 5.56 Å². The molecule has 0 aliphatic rings.